The Hall–Kier alpha value is -4.06. The first-order valence-electron chi connectivity index (χ1n) is 9.96. The van der Waals surface area contributed by atoms with Gasteiger partial charge in [0.1, 0.15) is 11.5 Å². The van der Waals surface area contributed by atoms with Crippen LogP contribution in [0.2, 0.25) is 0 Å². The lowest BCUT2D eigenvalue weighted by Crippen LogP contribution is -2.21. The highest BCUT2D eigenvalue weighted by Gasteiger charge is 2.15. The van der Waals surface area contributed by atoms with E-state index in [-0.39, 0.29) is 11.5 Å². The maximum atomic E-state index is 13.1. The molecule has 31 heavy (non-hydrogen) atoms. The number of carbonyl (C=O) groups excluding carboxylic acids is 1. The third-order valence-electron chi connectivity index (χ3n) is 4.90. The molecule has 1 heterocycles. The second-order valence-corrected chi connectivity index (χ2v) is 6.93. The number of carbonyl (C=O) groups is 1. The standard InChI is InChI=1S/C25H22N2O4/c1-3-30-17-12-14-18(15-13-17)31-23-11-7-5-9-21(23)26-25(29)20-16-24(28)27(2)22-10-6-4-8-19(20)22/h4-16H,3H2,1-2H3,(H,26,29). The van der Waals surface area contributed by atoms with Crippen LogP contribution >= 0.6 is 0 Å². The van der Waals surface area contributed by atoms with Gasteiger partial charge in [0.25, 0.3) is 11.5 Å². The number of para-hydroxylation sites is 3. The molecule has 6 nitrogen and oxygen atoms in total. The molecule has 4 rings (SSSR count). The Labute approximate surface area is 179 Å². The molecule has 0 aliphatic carbocycles. The number of pyridine rings is 1. The Bertz CT molecular complexity index is 1290. The summed E-state index contributed by atoms with van der Waals surface area (Å²) in [6.45, 7) is 2.52. The van der Waals surface area contributed by atoms with Crippen LogP contribution < -0.4 is 20.3 Å². The summed E-state index contributed by atoms with van der Waals surface area (Å²) in [6.07, 6.45) is 0. The van der Waals surface area contributed by atoms with Gasteiger partial charge in [-0.25, -0.2) is 0 Å². The summed E-state index contributed by atoms with van der Waals surface area (Å²) in [4.78, 5) is 25.4. The fraction of sp³-hybridized carbons (Fsp3) is 0.120. The molecule has 0 aliphatic heterocycles. The van der Waals surface area contributed by atoms with Crippen LogP contribution in [0, 0.1) is 0 Å². The van der Waals surface area contributed by atoms with Crippen LogP contribution in [-0.2, 0) is 7.05 Å². The van der Waals surface area contributed by atoms with E-state index in [0.29, 0.717) is 40.3 Å². The maximum absolute atomic E-state index is 13.1. The lowest BCUT2D eigenvalue weighted by Gasteiger charge is -2.14. The van der Waals surface area contributed by atoms with Crippen molar-refractivity contribution >= 4 is 22.5 Å². The summed E-state index contributed by atoms with van der Waals surface area (Å²) in [5.41, 5.74) is 1.27. The zero-order valence-electron chi connectivity index (χ0n) is 17.3. The molecule has 0 spiro atoms. The molecule has 0 radical (unpaired) electrons. The van der Waals surface area contributed by atoms with Crippen molar-refractivity contribution in [2.75, 3.05) is 11.9 Å². The van der Waals surface area contributed by atoms with Gasteiger partial charge in [-0.05, 0) is 49.4 Å². The van der Waals surface area contributed by atoms with E-state index in [1.807, 2.05) is 55.5 Å². The molecule has 3 aromatic carbocycles. The van der Waals surface area contributed by atoms with E-state index in [0.717, 1.165) is 5.75 Å². The first-order valence-corrected chi connectivity index (χ1v) is 9.96. The molecule has 0 bridgehead atoms. The van der Waals surface area contributed by atoms with E-state index >= 15 is 0 Å². The van der Waals surface area contributed by atoms with Crippen LogP contribution in [0.1, 0.15) is 17.3 Å². The van der Waals surface area contributed by atoms with E-state index in [9.17, 15) is 9.59 Å². The topological polar surface area (TPSA) is 69.6 Å². The van der Waals surface area contributed by atoms with Crippen LogP contribution in [0.5, 0.6) is 17.2 Å². The first-order chi connectivity index (χ1) is 15.1. The van der Waals surface area contributed by atoms with E-state index in [4.69, 9.17) is 9.47 Å². The van der Waals surface area contributed by atoms with Crippen molar-refractivity contribution in [1.29, 1.82) is 0 Å². The molecule has 1 aromatic heterocycles. The van der Waals surface area contributed by atoms with Crippen molar-refractivity contribution in [3.8, 4) is 17.2 Å². The highest BCUT2D eigenvalue weighted by atomic mass is 16.5. The Kier molecular flexibility index (Phi) is 5.71. The molecule has 0 aliphatic rings. The Morgan fingerprint density at radius 1 is 0.935 bits per heavy atom. The molecule has 0 fully saturated rings. The number of hydrogen-bond acceptors (Lipinski definition) is 4. The number of hydrogen-bond donors (Lipinski definition) is 1. The number of amides is 1. The number of aromatic nitrogens is 1. The van der Waals surface area contributed by atoms with Crippen LogP contribution in [0.25, 0.3) is 10.9 Å². The number of benzene rings is 3. The third-order valence-corrected chi connectivity index (χ3v) is 4.90. The lowest BCUT2D eigenvalue weighted by molar-refractivity contribution is 0.102. The van der Waals surface area contributed by atoms with Crippen molar-refractivity contribution in [2.45, 2.75) is 6.92 Å². The predicted octanol–water partition coefficient (Wildman–Crippen LogP) is 4.98. The van der Waals surface area contributed by atoms with Crippen LogP contribution in [0.4, 0.5) is 5.69 Å². The second-order valence-electron chi connectivity index (χ2n) is 6.93. The Morgan fingerprint density at radius 3 is 2.39 bits per heavy atom. The van der Waals surface area contributed by atoms with Crippen molar-refractivity contribution in [1.82, 2.24) is 4.57 Å². The molecule has 0 saturated heterocycles. The smallest absolute Gasteiger partial charge is 0.256 e. The predicted molar refractivity (Wildman–Crippen MR) is 121 cm³/mol. The average Bonchev–Trinajstić information content (AvgIpc) is 2.79. The van der Waals surface area contributed by atoms with Gasteiger partial charge in [0.05, 0.1) is 23.4 Å². The number of rotatable bonds is 6. The fourth-order valence-electron chi connectivity index (χ4n) is 3.34. The van der Waals surface area contributed by atoms with Gasteiger partial charge >= 0.3 is 0 Å². The number of anilines is 1. The third kappa shape index (κ3) is 4.28. The minimum absolute atomic E-state index is 0.247. The Morgan fingerprint density at radius 2 is 1.61 bits per heavy atom. The second kappa shape index (κ2) is 8.75. The van der Waals surface area contributed by atoms with Gasteiger partial charge in [-0.1, -0.05) is 30.3 Å². The van der Waals surface area contributed by atoms with Gasteiger partial charge in [-0.3, -0.25) is 9.59 Å². The van der Waals surface area contributed by atoms with Crippen LogP contribution in [-0.4, -0.2) is 17.1 Å². The maximum Gasteiger partial charge on any atom is 0.256 e. The fourth-order valence-corrected chi connectivity index (χ4v) is 3.34. The van der Waals surface area contributed by atoms with Crippen molar-refractivity contribution < 1.29 is 14.3 Å². The summed E-state index contributed by atoms with van der Waals surface area (Å²) in [7, 11) is 1.69. The van der Waals surface area contributed by atoms with Gasteiger partial charge < -0.3 is 19.4 Å². The van der Waals surface area contributed by atoms with Crippen LogP contribution in [0.3, 0.4) is 0 Å². The SMILES string of the molecule is CCOc1ccc(Oc2ccccc2NC(=O)c2cc(=O)n(C)c3ccccc23)cc1. The zero-order chi connectivity index (χ0) is 21.8. The van der Waals surface area contributed by atoms with Crippen molar-refractivity contribution in [3.05, 3.63) is 94.8 Å². The van der Waals surface area contributed by atoms with Gasteiger partial charge in [-0.15, -0.1) is 0 Å². The van der Waals surface area contributed by atoms with E-state index in [2.05, 4.69) is 5.32 Å². The van der Waals surface area contributed by atoms with E-state index < -0.39 is 0 Å². The number of ether oxygens (including phenoxy) is 2. The normalized spacial score (nSPS) is 10.6. The zero-order valence-corrected chi connectivity index (χ0v) is 17.3. The van der Waals surface area contributed by atoms with E-state index in [1.54, 1.807) is 31.3 Å². The number of nitrogens with zero attached hydrogens (tertiary/aromatic N) is 1. The number of aryl methyl sites for hydroxylation is 1. The van der Waals surface area contributed by atoms with E-state index in [1.165, 1.54) is 10.6 Å². The molecular formula is C25H22N2O4. The molecular weight excluding hydrogens is 392 g/mol. The monoisotopic (exact) mass is 414 g/mol. The van der Waals surface area contributed by atoms with Gasteiger partial charge in [0, 0.05) is 18.5 Å². The summed E-state index contributed by atoms with van der Waals surface area (Å²) in [5.74, 6) is 1.49. The van der Waals surface area contributed by atoms with Crippen LogP contribution in [0.15, 0.2) is 83.7 Å². The highest BCUT2D eigenvalue weighted by Crippen LogP contribution is 2.31. The lowest BCUT2D eigenvalue weighted by atomic mass is 10.1. The quantitative estimate of drug-likeness (QED) is 0.483. The minimum Gasteiger partial charge on any atom is -0.494 e. The largest absolute Gasteiger partial charge is 0.494 e. The number of nitrogens with one attached hydrogen (secondary N) is 1. The van der Waals surface area contributed by atoms with Gasteiger partial charge in [0.2, 0.25) is 0 Å². The van der Waals surface area contributed by atoms with Crippen molar-refractivity contribution in [3.63, 3.8) is 0 Å². The molecule has 156 valence electrons. The Balaban J connectivity index is 1.62. The summed E-state index contributed by atoms with van der Waals surface area (Å²) >= 11 is 0. The van der Waals surface area contributed by atoms with Gasteiger partial charge in [-0.2, -0.15) is 0 Å². The molecule has 0 atom stereocenters. The summed E-state index contributed by atoms with van der Waals surface area (Å²) < 4.78 is 12.9. The summed E-state index contributed by atoms with van der Waals surface area (Å²) in [6, 6.07) is 23.1. The summed E-state index contributed by atoms with van der Waals surface area (Å²) in [5, 5.41) is 3.58. The molecule has 0 saturated carbocycles. The molecule has 0 unspecified atom stereocenters. The first kappa shape index (κ1) is 20.2. The number of fused-ring (bicyclic) bond motifs is 1. The molecule has 4 aromatic rings. The average molecular weight is 414 g/mol. The highest BCUT2D eigenvalue weighted by molar-refractivity contribution is 6.12. The minimum atomic E-state index is -0.378. The molecule has 1 amide bonds. The van der Waals surface area contributed by atoms with Gasteiger partial charge in [0.15, 0.2) is 5.75 Å². The molecule has 6 heteroatoms. The van der Waals surface area contributed by atoms with Crippen molar-refractivity contribution in [2.24, 2.45) is 7.05 Å². The molecule has 1 N–H and O–H groups in total.